The van der Waals surface area contributed by atoms with Crippen molar-refractivity contribution in [2.24, 2.45) is 12.9 Å². The minimum atomic E-state index is 0.0224. The third kappa shape index (κ3) is 3.96. The molecule has 0 aliphatic rings. The van der Waals surface area contributed by atoms with E-state index in [9.17, 15) is 0 Å². The second kappa shape index (κ2) is 7.10. The monoisotopic (exact) mass is 290 g/mol. The van der Waals surface area contributed by atoms with Crippen LogP contribution in [0.25, 0.3) is 0 Å². The highest BCUT2D eigenvalue weighted by Crippen LogP contribution is 2.28. The zero-order valence-corrected chi connectivity index (χ0v) is 12.7. The number of ether oxygens (including phenoxy) is 2. The summed E-state index contributed by atoms with van der Waals surface area (Å²) >= 11 is 0. The molecule has 0 amide bonds. The summed E-state index contributed by atoms with van der Waals surface area (Å²) in [4.78, 5) is 0. The average Bonchev–Trinajstić information content (AvgIpc) is 2.93. The number of nitrogens with two attached hydrogens (primary N) is 1. The standard InChI is InChI=1S/C15H22N4O2/c1-19-10-11(9-17-19)4-5-15(18-16)12-6-13(20-2)8-14(7-12)21-3/h6-10,15,18H,4-5,16H2,1-3H3. The van der Waals surface area contributed by atoms with Gasteiger partial charge in [0, 0.05) is 25.4 Å². The lowest BCUT2D eigenvalue weighted by Crippen LogP contribution is -2.28. The van der Waals surface area contributed by atoms with Gasteiger partial charge in [-0.25, -0.2) is 0 Å². The molecule has 0 saturated carbocycles. The van der Waals surface area contributed by atoms with Crippen LogP contribution in [0.2, 0.25) is 0 Å². The van der Waals surface area contributed by atoms with E-state index >= 15 is 0 Å². The second-order valence-electron chi connectivity index (χ2n) is 4.93. The van der Waals surface area contributed by atoms with Crippen LogP contribution >= 0.6 is 0 Å². The molecular formula is C15H22N4O2. The fourth-order valence-electron chi connectivity index (χ4n) is 2.29. The summed E-state index contributed by atoms with van der Waals surface area (Å²) in [6.45, 7) is 0. The number of benzene rings is 1. The molecule has 1 atom stereocenters. The highest BCUT2D eigenvalue weighted by atomic mass is 16.5. The molecule has 1 unspecified atom stereocenters. The zero-order valence-electron chi connectivity index (χ0n) is 12.7. The largest absolute Gasteiger partial charge is 0.497 e. The molecular weight excluding hydrogens is 268 g/mol. The summed E-state index contributed by atoms with van der Waals surface area (Å²) in [7, 11) is 5.19. The van der Waals surface area contributed by atoms with Crippen LogP contribution in [0.4, 0.5) is 0 Å². The normalized spacial score (nSPS) is 12.2. The smallest absolute Gasteiger partial charge is 0.122 e. The Morgan fingerprint density at radius 1 is 1.24 bits per heavy atom. The van der Waals surface area contributed by atoms with Crippen LogP contribution in [0.5, 0.6) is 11.5 Å². The SMILES string of the molecule is COc1cc(OC)cc(C(CCc2cnn(C)c2)NN)c1. The summed E-state index contributed by atoms with van der Waals surface area (Å²) in [6, 6.07) is 5.80. The fourth-order valence-corrected chi connectivity index (χ4v) is 2.29. The first-order chi connectivity index (χ1) is 10.2. The number of nitrogens with zero attached hydrogens (tertiary/aromatic N) is 2. The lowest BCUT2D eigenvalue weighted by Gasteiger charge is -2.18. The van der Waals surface area contributed by atoms with Crippen molar-refractivity contribution in [3.63, 3.8) is 0 Å². The summed E-state index contributed by atoms with van der Waals surface area (Å²) in [5, 5.41) is 4.17. The van der Waals surface area contributed by atoms with Crippen molar-refractivity contribution in [2.75, 3.05) is 14.2 Å². The lowest BCUT2D eigenvalue weighted by molar-refractivity contribution is 0.390. The Morgan fingerprint density at radius 2 is 1.90 bits per heavy atom. The van der Waals surface area contributed by atoms with E-state index in [1.165, 1.54) is 5.56 Å². The van der Waals surface area contributed by atoms with E-state index in [4.69, 9.17) is 15.3 Å². The van der Waals surface area contributed by atoms with E-state index in [2.05, 4.69) is 10.5 Å². The molecule has 6 nitrogen and oxygen atoms in total. The quantitative estimate of drug-likeness (QED) is 0.598. The molecule has 0 radical (unpaired) electrons. The Bertz CT molecular complexity index is 561. The molecule has 1 heterocycles. The molecule has 3 N–H and O–H groups in total. The van der Waals surface area contributed by atoms with Crippen molar-refractivity contribution < 1.29 is 9.47 Å². The molecule has 0 aliphatic heterocycles. The van der Waals surface area contributed by atoms with Crippen LogP contribution in [0.3, 0.4) is 0 Å². The van der Waals surface area contributed by atoms with Gasteiger partial charge in [0.1, 0.15) is 11.5 Å². The minimum Gasteiger partial charge on any atom is -0.497 e. The van der Waals surface area contributed by atoms with Crippen LogP contribution in [0, 0.1) is 0 Å². The van der Waals surface area contributed by atoms with E-state index in [0.29, 0.717) is 0 Å². The first-order valence-electron chi connectivity index (χ1n) is 6.83. The molecule has 0 spiro atoms. The van der Waals surface area contributed by atoms with Gasteiger partial charge in [-0.05, 0) is 36.1 Å². The Hall–Kier alpha value is -2.05. The van der Waals surface area contributed by atoms with Crippen LogP contribution in [-0.4, -0.2) is 24.0 Å². The second-order valence-corrected chi connectivity index (χ2v) is 4.93. The number of hydrogen-bond donors (Lipinski definition) is 2. The number of hydrazine groups is 1. The predicted octanol–water partition coefficient (Wildman–Crippen LogP) is 1.57. The van der Waals surface area contributed by atoms with Gasteiger partial charge in [-0.15, -0.1) is 0 Å². The highest BCUT2D eigenvalue weighted by molar-refractivity contribution is 5.39. The van der Waals surface area contributed by atoms with E-state index < -0.39 is 0 Å². The maximum atomic E-state index is 5.70. The molecule has 0 bridgehead atoms. The lowest BCUT2D eigenvalue weighted by atomic mass is 10.00. The van der Waals surface area contributed by atoms with Crippen LogP contribution in [-0.2, 0) is 13.5 Å². The van der Waals surface area contributed by atoms with Gasteiger partial charge in [0.2, 0.25) is 0 Å². The molecule has 2 aromatic rings. The van der Waals surface area contributed by atoms with E-state index in [1.807, 2.05) is 37.6 Å². The molecule has 2 rings (SSSR count). The van der Waals surface area contributed by atoms with E-state index in [0.717, 1.165) is 29.9 Å². The first-order valence-corrected chi connectivity index (χ1v) is 6.83. The van der Waals surface area contributed by atoms with Crippen LogP contribution in [0.1, 0.15) is 23.6 Å². The zero-order chi connectivity index (χ0) is 15.2. The Labute approximate surface area is 124 Å². The van der Waals surface area contributed by atoms with Gasteiger partial charge in [-0.1, -0.05) is 0 Å². The Kier molecular flexibility index (Phi) is 5.19. The van der Waals surface area contributed by atoms with Crippen molar-refractivity contribution >= 4 is 0 Å². The van der Waals surface area contributed by atoms with Gasteiger partial charge in [0.05, 0.1) is 20.4 Å². The number of nitrogens with one attached hydrogen (secondary N) is 1. The predicted molar refractivity (Wildman–Crippen MR) is 81.1 cm³/mol. The van der Waals surface area contributed by atoms with Crippen molar-refractivity contribution in [1.82, 2.24) is 15.2 Å². The minimum absolute atomic E-state index is 0.0224. The maximum Gasteiger partial charge on any atom is 0.122 e. The molecule has 0 fully saturated rings. The third-order valence-electron chi connectivity index (χ3n) is 3.46. The van der Waals surface area contributed by atoms with Crippen LogP contribution in [0.15, 0.2) is 30.6 Å². The number of hydrogen-bond acceptors (Lipinski definition) is 5. The van der Waals surface area contributed by atoms with Gasteiger partial charge in [0.25, 0.3) is 0 Å². The number of aryl methyl sites for hydroxylation is 2. The van der Waals surface area contributed by atoms with Gasteiger partial charge in [-0.2, -0.15) is 5.10 Å². The number of methoxy groups -OCH3 is 2. The summed E-state index contributed by atoms with van der Waals surface area (Å²) in [5.74, 6) is 7.22. The average molecular weight is 290 g/mol. The third-order valence-corrected chi connectivity index (χ3v) is 3.46. The van der Waals surface area contributed by atoms with Gasteiger partial charge in [0.15, 0.2) is 0 Å². The van der Waals surface area contributed by atoms with E-state index in [1.54, 1.807) is 18.9 Å². The van der Waals surface area contributed by atoms with Gasteiger partial charge >= 0.3 is 0 Å². The fraction of sp³-hybridized carbons (Fsp3) is 0.400. The Morgan fingerprint density at radius 3 is 2.38 bits per heavy atom. The van der Waals surface area contributed by atoms with Gasteiger partial charge in [-0.3, -0.25) is 16.0 Å². The molecule has 1 aromatic heterocycles. The molecule has 6 heteroatoms. The molecule has 0 saturated heterocycles. The van der Waals surface area contributed by atoms with Crippen molar-refractivity contribution in [3.8, 4) is 11.5 Å². The summed E-state index contributed by atoms with van der Waals surface area (Å²) in [5.41, 5.74) is 5.09. The van der Waals surface area contributed by atoms with Crippen LogP contribution < -0.4 is 20.7 Å². The summed E-state index contributed by atoms with van der Waals surface area (Å²) < 4.78 is 12.4. The van der Waals surface area contributed by atoms with Crippen molar-refractivity contribution in [2.45, 2.75) is 18.9 Å². The van der Waals surface area contributed by atoms with Crippen molar-refractivity contribution in [3.05, 3.63) is 41.7 Å². The van der Waals surface area contributed by atoms with E-state index in [-0.39, 0.29) is 6.04 Å². The number of rotatable bonds is 7. The van der Waals surface area contributed by atoms with Gasteiger partial charge < -0.3 is 9.47 Å². The molecule has 0 aliphatic carbocycles. The molecule has 1 aromatic carbocycles. The molecule has 114 valence electrons. The molecule has 21 heavy (non-hydrogen) atoms. The first kappa shape index (κ1) is 15.3. The summed E-state index contributed by atoms with van der Waals surface area (Å²) in [6.07, 6.45) is 5.64. The maximum absolute atomic E-state index is 5.70. The highest BCUT2D eigenvalue weighted by Gasteiger charge is 2.13. The topological polar surface area (TPSA) is 74.3 Å². The number of aromatic nitrogens is 2. The van der Waals surface area contributed by atoms with Crippen molar-refractivity contribution in [1.29, 1.82) is 0 Å². The Balaban J connectivity index is 2.12.